The molecule has 1 saturated carbocycles. The highest BCUT2D eigenvalue weighted by Crippen LogP contribution is 2.35. The normalized spacial score (nSPS) is 25.4. The molecule has 2 fully saturated rings. The zero-order chi connectivity index (χ0) is 18.1. The van der Waals surface area contributed by atoms with Crippen molar-refractivity contribution in [2.45, 2.75) is 62.7 Å². The smallest absolute Gasteiger partial charge is 0.325 e. The van der Waals surface area contributed by atoms with E-state index in [9.17, 15) is 14.7 Å². The number of carbonyl (C=O) groups excluding carboxylic acids is 2. The van der Waals surface area contributed by atoms with Gasteiger partial charge in [-0.3, -0.25) is 9.69 Å². The first-order chi connectivity index (χ1) is 12.6. The van der Waals surface area contributed by atoms with Gasteiger partial charge in [0.05, 0.1) is 25.4 Å². The van der Waals surface area contributed by atoms with Gasteiger partial charge in [0, 0.05) is 0 Å². The first kappa shape index (κ1) is 17.5. The van der Waals surface area contributed by atoms with E-state index in [1.165, 1.54) is 11.1 Å². The quantitative estimate of drug-likeness (QED) is 0.792. The van der Waals surface area contributed by atoms with Crippen molar-refractivity contribution in [2.75, 3.05) is 13.2 Å². The van der Waals surface area contributed by atoms with Crippen molar-refractivity contribution in [1.82, 2.24) is 10.2 Å². The first-order valence-electron chi connectivity index (χ1n) is 9.61. The minimum Gasteiger partial charge on any atom is -0.389 e. The predicted octanol–water partition coefficient (Wildman–Crippen LogP) is 2.31. The third kappa shape index (κ3) is 3.12. The van der Waals surface area contributed by atoms with Crippen molar-refractivity contribution in [3.8, 4) is 0 Å². The Morgan fingerprint density at radius 3 is 2.81 bits per heavy atom. The topological polar surface area (TPSA) is 78.9 Å². The number of aliphatic hydroxyl groups is 1. The molecule has 1 aliphatic heterocycles. The van der Waals surface area contributed by atoms with E-state index in [1.54, 1.807) is 0 Å². The number of aryl methyl sites for hydroxylation is 1. The molecule has 0 radical (unpaired) electrons. The molecule has 0 aromatic heterocycles. The van der Waals surface area contributed by atoms with Crippen LogP contribution in [0.15, 0.2) is 24.3 Å². The van der Waals surface area contributed by atoms with E-state index in [-0.39, 0.29) is 31.2 Å². The number of aliphatic hydroxyl groups excluding tert-OH is 1. The average molecular weight is 358 g/mol. The lowest BCUT2D eigenvalue weighted by atomic mass is 9.89. The number of carbonyl (C=O) groups is 2. The second-order valence-corrected chi connectivity index (χ2v) is 7.70. The van der Waals surface area contributed by atoms with E-state index in [2.05, 4.69) is 17.4 Å². The van der Waals surface area contributed by atoms with E-state index < -0.39 is 11.6 Å². The maximum absolute atomic E-state index is 12.6. The van der Waals surface area contributed by atoms with Crippen molar-refractivity contribution >= 4 is 11.9 Å². The number of nitrogens with one attached hydrogen (secondary N) is 1. The van der Waals surface area contributed by atoms with Crippen molar-refractivity contribution < 1.29 is 19.4 Å². The van der Waals surface area contributed by atoms with Gasteiger partial charge in [-0.05, 0) is 43.2 Å². The van der Waals surface area contributed by atoms with Gasteiger partial charge in [0.25, 0.3) is 5.91 Å². The summed E-state index contributed by atoms with van der Waals surface area (Å²) in [4.78, 5) is 26.0. The van der Waals surface area contributed by atoms with Gasteiger partial charge in [-0.1, -0.05) is 37.1 Å². The fourth-order valence-electron chi connectivity index (χ4n) is 4.53. The summed E-state index contributed by atoms with van der Waals surface area (Å²) in [6.07, 6.45) is 5.43. The van der Waals surface area contributed by atoms with Crippen LogP contribution in [0.2, 0.25) is 0 Å². The monoisotopic (exact) mass is 358 g/mol. The molecule has 2 aliphatic carbocycles. The fraction of sp³-hybridized carbons (Fsp3) is 0.600. The van der Waals surface area contributed by atoms with Gasteiger partial charge in [0.15, 0.2) is 0 Å². The number of benzene rings is 1. The standard InChI is InChI=1S/C20H26N2O4/c23-15(12-22-18(24)20(21-19(22)25)10-3-4-11-20)13-26-17-9-5-7-14-6-1-2-8-16(14)17/h1-2,6,8,15,17,23H,3-5,7,9-13H2,(H,21,25)/t15-,17+/m1/s1. The number of hydrogen-bond donors (Lipinski definition) is 2. The molecule has 6 nitrogen and oxygen atoms in total. The van der Waals surface area contributed by atoms with E-state index in [0.29, 0.717) is 12.8 Å². The lowest BCUT2D eigenvalue weighted by Crippen LogP contribution is -2.45. The Labute approximate surface area is 153 Å². The number of nitrogens with zero attached hydrogens (tertiary/aromatic N) is 1. The van der Waals surface area contributed by atoms with Crippen LogP contribution in [0.25, 0.3) is 0 Å². The van der Waals surface area contributed by atoms with Crippen molar-refractivity contribution in [3.05, 3.63) is 35.4 Å². The van der Waals surface area contributed by atoms with E-state index >= 15 is 0 Å². The third-order valence-electron chi connectivity index (χ3n) is 5.90. The summed E-state index contributed by atoms with van der Waals surface area (Å²) in [5, 5.41) is 13.2. The van der Waals surface area contributed by atoms with E-state index in [1.807, 2.05) is 12.1 Å². The number of urea groups is 1. The Bertz CT molecular complexity index is 699. The lowest BCUT2D eigenvalue weighted by Gasteiger charge is -2.27. The fourth-order valence-corrected chi connectivity index (χ4v) is 4.53. The number of amides is 3. The van der Waals surface area contributed by atoms with Crippen LogP contribution >= 0.6 is 0 Å². The first-order valence-corrected chi connectivity index (χ1v) is 9.61. The molecule has 1 heterocycles. The predicted molar refractivity (Wildman–Crippen MR) is 95.5 cm³/mol. The van der Waals surface area contributed by atoms with Crippen LogP contribution in [0, 0.1) is 0 Å². The summed E-state index contributed by atoms with van der Waals surface area (Å²) in [6.45, 7) is 0.101. The summed E-state index contributed by atoms with van der Waals surface area (Å²) in [7, 11) is 0. The number of β-amino-alcohol motifs (C(OH)–C–C–N with tert-alkyl or cyclic N) is 1. The van der Waals surface area contributed by atoms with Gasteiger partial charge in [-0.15, -0.1) is 0 Å². The average Bonchev–Trinajstić information content (AvgIpc) is 3.21. The van der Waals surface area contributed by atoms with Crippen molar-refractivity contribution in [1.29, 1.82) is 0 Å². The number of fused-ring (bicyclic) bond motifs is 1. The minimum absolute atomic E-state index is 0.0131. The molecule has 26 heavy (non-hydrogen) atoms. The summed E-state index contributed by atoms with van der Waals surface area (Å²) >= 11 is 0. The molecule has 1 saturated heterocycles. The summed E-state index contributed by atoms with van der Waals surface area (Å²) in [6, 6.07) is 7.85. The number of ether oxygens (including phenoxy) is 1. The molecule has 140 valence electrons. The SMILES string of the molecule is O=C1NC2(CCCC2)C(=O)N1C[C@@H](O)CO[C@H]1CCCc2ccccc21. The molecule has 3 amide bonds. The number of rotatable bonds is 5. The molecule has 1 spiro atoms. The summed E-state index contributed by atoms with van der Waals surface area (Å²) < 4.78 is 5.95. The van der Waals surface area contributed by atoms with Gasteiger partial charge < -0.3 is 15.2 Å². The second kappa shape index (κ2) is 7.00. The molecule has 1 aromatic carbocycles. The Balaban J connectivity index is 1.34. The molecule has 0 bridgehead atoms. The molecular weight excluding hydrogens is 332 g/mol. The number of imide groups is 1. The van der Waals surface area contributed by atoms with Gasteiger partial charge in [-0.25, -0.2) is 4.79 Å². The largest absolute Gasteiger partial charge is 0.389 e. The van der Waals surface area contributed by atoms with Gasteiger partial charge in [-0.2, -0.15) is 0 Å². The van der Waals surface area contributed by atoms with Crippen LogP contribution in [-0.4, -0.2) is 46.7 Å². The van der Waals surface area contributed by atoms with Crippen LogP contribution in [0.5, 0.6) is 0 Å². The highest BCUT2D eigenvalue weighted by Gasteiger charge is 2.52. The zero-order valence-corrected chi connectivity index (χ0v) is 14.9. The Morgan fingerprint density at radius 1 is 1.23 bits per heavy atom. The van der Waals surface area contributed by atoms with Gasteiger partial charge >= 0.3 is 6.03 Å². The van der Waals surface area contributed by atoms with Crippen LogP contribution in [-0.2, 0) is 16.0 Å². The van der Waals surface area contributed by atoms with Crippen LogP contribution in [0.4, 0.5) is 4.79 Å². The van der Waals surface area contributed by atoms with E-state index in [4.69, 9.17) is 4.74 Å². The molecule has 6 heteroatoms. The van der Waals surface area contributed by atoms with Crippen LogP contribution in [0.3, 0.4) is 0 Å². The maximum Gasteiger partial charge on any atom is 0.325 e. The molecule has 3 aliphatic rings. The number of hydrogen-bond acceptors (Lipinski definition) is 4. The molecule has 0 unspecified atom stereocenters. The molecular formula is C20H26N2O4. The van der Waals surface area contributed by atoms with Crippen molar-refractivity contribution in [3.63, 3.8) is 0 Å². The van der Waals surface area contributed by atoms with E-state index in [0.717, 1.165) is 37.0 Å². The highest BCUT2D eigenvalue weighted by atomic mass is 16.5. The highest BCUT2D eigenvalue weighted by molar-refractivity contribution is 6.07. The molecule has 4 rings (SSSR count). The van der Waals surface area contributed by atoms with Crippen LogP contribution in [0.1, 0.15) is 55.8 Å². The third-order valence-corrected chi connectivity index (χ3v) is 5.90. The summed E-state index contributed by atoms with van der Waals surface area (Å²) in [5.74, 6) is -0.193. The minimum atomic E-state index is -0.879. The van der Waals surface area contributed by atoms with Gasteiger partial charge in [0.2, 0.25) is 0 Å². The maximum atomic E-state index is 12.6. The zero-order valence-electron chi connectivity index (χ0n) is 14.9. The van der Waals surface area contributed by atoms with Crippen LogP contribution < -0.4 is 5.32 Å². The van der Waals surface area contributed by atoms with Gasteiger partial charge in [0.1, 0.15) is 5.54 Å². The lowest BCUT2D eigenvalue weighted by molar-refractivity contribution is -0.132. The Morgan fingerprint density at radius 2 is 2.00 bits per heavy atom. The molecule has 2 atom stereocenters. The summed E-state index contributed by atoms with van der Waals surface area (Å²) in [5.41, 5.74) is 1.77. The Kier molecular flexibility index (Phi) is 4.71. The molecule has 2 N–H and O–H groups in total. The Hall–Kier alpha value is -1.92. The van der Waals surface area contributed by atoms with Crippen molar-refractivity contribution in [2.24, 2.45) is 0 Å². The second-order valence-electron chi connectivity index (χ2n) is 7.70. The molecule has 1 aromatic rings.